The summed E-state index contributed by atoms with van der Waals surface area (Å²) in [6, 6.07) is 1.11. The van der Waals surface area contributed by atoms with Crippen molar-refractivity contribution in [1.29, 1.82) is 0 Å². The summed E-state index contributed by atoms with van der Waals surface area (Å²) in [6.07, 6.45) is -3.44. The molecule has 0 saturated heterocycles. The Bertz CT molecular complexity index is 274. The zero-order valence-corrected chi connectivity index (χ0v) is 8.00. The van der Waals surface area contributed by atoms with Crippen molar-refractivity contribution in [2.75, 3.05) is 0 Å². The highest BCUT2D eigenvalue weighted by Gasteiger charge is 2.41. The molecule has 0 aliphatic rings. The quantitative estimate of drug-likeness (QED) is 0.867. The predicted octanol–water partition coefficient (Wildman–Crippen LogP) is 2.89. The summed E-state index contributed by atoms with van der Waals surface area (Å²) in [6.45, 7) is 0. The van der Waals surface area contributed by atoms with Crippen LogP contribution in [0.1, 0.15) is 5.56 Å². The van der Waals surface area contributed by atoms with Gasteiger partial charge in [0.1, 0.15) is 0 Å². The largest absolute Gasteiger partial charge is 0.354 e. The summed E-state index contributed by atoms with van der Waals surface area (Å²) < 4.78 is 36.8. The average Bonchev–Trinajstić information content (AvgIpc) is 2.35. The highest BCUT2D eigenvalue weighted by molar-refractivity contribution is 9.11. The Morgan fingerprint density at radius 1 is 1.58 bits per heavy atom. The Labute approximate surface area is 79.0 Å². The van der Waals surface area contributed by atoms with Crippen molar-refractivity contribution in [3.05, 3.63) is 20.8 Å². The van der Waals surface area contributed by atoms with Crippen LogP contribution in [-0.2, 0) is 5.85 Å². The third-order valence-electron chi connectivity index (χ3n) is 1.28. The molecule has 0 saturated carbocycles. The minimum absolute atomic E-state index is 0.174. The Hall–Kier alpha value is -0.0700. The third-order valence-corrected chi connectivity index (χ3v) is 2.97. The van der Waals surface area contributed by atoms with E-state index in [2.05, 4.69) is 15.9 Å². The van der Waals surface area contributed by atoms with Crippen molar-refractivity contribution < 1.29 is 18.3 Å². The van der Waals surface area contributed by atoms with Crippen LogP contribution >= 0.6 is 27.3 Å². The topological polar surface area (TPSA) is 20.2 Å². The van der Waals surface area contributed by atoms with Crippen molar-refractivity contribution in [3.63, 3.8) is 0 Å². The van der Waals surface area contributed by atoms with Crippen molar-refractivity contribution in [2.45, 2.75) is 12.3 Å². The first-order valence-electron chi connectivity index (χ1n) is 2.89. The SMILES string of the molecule is OC(F)(c1ccsc1Br)C(F)F. The first-order chi connectivity index (χ1) is 5.46. The smallest absolute Gasteiger partial charge is 0.300 e. The summed E-state index contributed by atoms with van der Waals surface area (Å²) in [5.41, 5.74) is -0.428. The molecule has 1 aromatic rings. The fourth-order valence-electron chi connectivity index (χ4n) is 0.663. The van der Waals surface area contributed by atoms with Crippen LogP contribution in [0.25, 0.3) is 0 Å². The van der Waals surface area contributed by atoms with Gasteiger partial charge in [-0.1, -0.05) is 0 Å². The lowest BCUT2D eigenvalue weighted by molar-refractivity contribution is -0.194. The molecule has 68 valence electrons. The van der Waals surface area contributed by atoms with Gasteiger partial charge in [0.25, 0.3) is 5.85 Å². The Morgan fingerprint density at radius 2 is 2.17 bits per heavy atom. The first-order valence-corrected chi connectivity index (χ1v) is 4.56. The molecule has 1 atom stereocenters. The second-order valence-corrected chi connectivity index (χ2v) is 4.32. The van der Waals surface area contributed by atoms with Crippen molar-refractivity contribution >= 4 is 27.3 Å². The van der Waals surface area contributed by atoms with Crippen LogP contribution in [0.15, 0.2) is 15.2 Å². The standard InChI is InChI=1S/C6H4BrF3OS/c7-4-3(1-2-12-4)6(10,11)5(8)9/h1-2,5,11H. The lowest BCUT2D eigenvalue weighted by Gasteiger charge is -2.16. The van der Waals surface area contributed by atoms with E-state index in [1.807, 2.05) is 0 Å². The van der Waals surface area contributed by atoms with E-state index in [-0.39, 0.29) is 3.79 Å². The van der Waals surface area contributed by atoms with E-state index < -0.39 is 17.8 Å². The summed E-state index contributed by atoms with van der Waals surface area (Å²) >= 11 is 3.89. The highest BCUT2D eigenvalue weighted by atomic mass is 79.9. The molecule has 1 N–H and O–H groups in total. The van der Waals surface area contributed by atoms with Crippen LogP contribution in [0, 0.1) is 0 Å². The zero-order chi connectivity index (χ0) is 9.35. The van der Waals surface area contributed by atoms with Crippen molar-refractivity contribution in [2.24, 2.45) is 0 Å². The van der Waals surface area contributed by atoms with Gasteiger partial charge < -0.3 is 5.11 Å². The first kappa shape index (κ1) is 10.0. The molecule has 0 fully saturated rings. The Balaban J connectivity index is 3.05. The molecule has 0 aliphatic carbocycles. The molecule has 1 rings (SSSR count). The lowest BCUT2D eigenvalue weighted by Crippen LogP contribution is -2.28. The Morgan fingerprint density at radius 3 is 2.50 bits per heavy atom. The van der Waals surface area contributed by atoms with Gasteiger partial charge in [-0.25, -0.2) is 13.2 Å². The van der Waals surface area contributed by atoms with E-state index in [4.69, 9.17) is 5.11 Å². The molecule has 1 heterocycles. The normalized spacial score (nSPS) is 16.5. The number of thiophene rings is 1. The molecule has 6 heteroatoms. The number of aliphatic hydroxyl groups is 1. The third kappa shape index (κ3) is 1.65. The van der Waals surface area contributed by atoms with E-state index in [9.17, 15) is 13.2 Å². The van der Waals surface area contributed by atoms with Crippen molar-refractivity contribution in [1.82, 2.24) is 0 Å². The van der Waals surface area contributed by atoms with Gasteiger partial charge in [-0.05, 0) is 27.4 Å². The van der Waals surface area contributed by atoms with E-state index in [0.717, 1.165) is 17.4 Å². The van der Waals surface area contributed by atoms with Crippen molar-refractivity contribution in [3.8, 4) is 0 Å². The van der Waals surface area contributed by atoms with Crippen LogP contribution < -0.4 is 0 Å². The fraction of sp³-hybridized carbons (Fsp3) is 0.333. The Kier molecular flexibility index (Phi) is 2.80. The van der Waals surface area contributed by atoms with Crippen LogP contribution in [0.4, 0.5) is 13.2 Å². The summed E-state index contributed by atoms with van der Waals surface area (Å²) in [5.74, 6) is -3.56. The van der Waals surface area contributed by atoms with Crippen LogP contribution in [0.5, 0.6) is 0 Å². The van der Waals surface area contributed by atoms with Gasteiger partial charge in [0, 0.05) is 5.56 Å². The maximum absolute atomic E-state index is 12.8. The number of rotatable bonds is 2. The molecular weight excluding hydrogens is 257 g/mol. The van der Waals surface area contributed by atoms with Crippen LogP contribution in [0.2, 0.25) is 0 Å². The molecule has 0 aromatic carbocycles. The van der Waals surface area contributed by atoms with E-state index in [1.165, 1.54) is 5.38 Å². The van der Waals surface area contributed by atoms with Crippen LogP contribution in [-0.4, -0.2) is 11.5 Å². The van der Waals surface area contributed by atoms with Gasteiger partial charge in [0.2, 0.25) is 0 Å². The molecule has 0 bridgehead atoms. The molecule has 1 aromatic heterocycles. The molecule has 0 spiro atoms. The lowest BCUT2D eigenvalue weighted by atomic mass is 10.2. The molecule has 1 unspecified atom stereocenters. The zero-order valence-electron chi connectivity index (χ0n) is 5.60. The fourth-order valence-corrected chi connectivity index (χ4v) is 2.06. The number of alkyl halides is 3. The summed E-state index contributed by atoms with van der Waals surface area (Å²) in [4.78, 5) is 0. The molecule has 0 radical (unpaired) electrons. The predicted molar refractivity (Wildman–Crippen MR) is 43.0 cm³/mol. The maximum Gasteiger partial charge on any atom is 0.300 e. The molecule has 0 amide bonds. The second-order valence-electron chi connectivity index (χ2n) is 2.08. The van der Waals surface area contributed by atoms with Gasteiger partial charge in [0.15, 0.2) is 0 Å². The van der Waals surface area contributed by atoms with E-state index in [0.29, 0.717) is 0 Å². The number of halogens is 4. The van der Waals surface area contributed by atoms with Gasteiger partial charge in [-0.3, -0.25) is 0 Å². The number of hydrogen-bond acceptors (Lipinski definition) is 2. The van der Waals surface area contributed by atoms with Crippen LogP contribution in [0.3, 0.4) is 0 Å². The van der Waals surface area contributed by atoms with Gasteiger partial charge >= 0.3 is 6.43 Å². The molecule has 1 nitrogen and oxygen atoms in total. The van der Waals surface area contributed by atoms with E-state index >= 15 is 0 Å². The monoisotopic (exact) mass is 260 g/mol. The molecule has 0 aliphatic heterocycles. The van der Waals surface area contributed by atoms with Gasteiger partial charge in [0.05, 0.1) is 3.79 Å². The molecule has 12 heavy (non-hydrogen) atoms. The summed E-state index contributed by atoms with van der Waals surface area (Å²) in [7, 11) is 0. The minimum atomic E-state index is -3.56. The molecular formula is C6H4BrF3OS. The van der Waals surface area contributed by atoms with Gasteiger partial charge in [-0.2, -0.15) is 0 Å². The highest BCUT2D eigenvalue weighted by Crippen LogP contribution is 2.37. The summed E-state index contributed by atoms with van der Waals surface area (Å²) in [5, 5.41) is 10.1. The maximum atomic E-state index is 12.8. The van der Waals surface area contributed by atoms with Gasteiger partial charge in [-0.15, -0.1) is 11.3 Å². The average molecular weight is 261 g/mol. The minimum Gasteiger partial charge on any atom is -0.354 e. The van der Waals surface area contributed by atoms with E-state index in [1.54, 1.807) is 0 Å². The number of hydrogen-bond donors (Lipinski definition) is 1. The second kappa shape index (κ2) is 3.35.